The van der Waals surface area contributed by atoms with Crippen LogP contribution in [0.3, 0.4) is 0 Å². The molecule has 1 atom stereocenters. The summed E-state index contributed by atoms with van der Waals surface area (Å²) < 4.78 is 9.40. The highest BCUT2D eigenvalue weighted by atomic mass is 16.5. The molecule has 1 aliphatic rings. The monoisotopic (exact) mass is 215 g/mol. The Morgan fingerprint density at radius 3 is 2.87 bits per heavy atom. The van der Waals surface area contributed by atoms with Crippen molar-refractivity contribution in [2.45, 2.75) is 12.5 Å². The van der Waals surface area contributed by atoms with Crippen molar-refractivity contribution in [3.05, 3.63) is 11.6 Å². The first-order valence-electron chi connectivity index (χ1n) is 4.49. The van der Waals surface area contributed by atoms with Gasteiger partial charge in [0, 0.05) is 0 Å². The first-order valence-corrected chi connectivity index (χ1v) is 4.49. The van der Waals surface area contributed by atoms with Gasteiger partial charge in [-0.25, -0.2) is 9.59 Å². The van der Waals surface area contributed by atoms with E-state index in [2.05, 4.69) is 10.1 Å². The number of hydrogen-bond acceptors (Lipinski definition) is 4. The van der Waals surface area contributed by atoms with Gasteiger partial charge in [-0.1, -0.05) is 6.08 Å². The number of carboxylic acid groups (broad SMARTS) is 1. The van der Waals surface area contributed by atoms with Gasteiger partial charge < -0.3 is 19.9 Å². The van der Waals surface area contributed by atoms with Crippen LogP contribution in [0.5, 0.6) is 0 Å². The molecule has 6 heteroatoms. The van der Waals surface area contributed by atoms with E-state index in [1.54, 1.807) is 6.08 Å². The number of carboxylic acids is 1. The highest BCUT2D eigenvalue weighted by Crippen LogP contribution is 2.12. The molecule has 1 aliphatic heterocycles. The summed E-state index contributed by atoms with van der Waals surface area (Å²) in [6.45, 7) is 0.848. The van der Waals surface area contributed by atoms with Gasteiger partial charge in [0.15, 0.2) is 6.04 Å². The Hall–Kier alpha value is -1.56. The molecule has 1 amide bonds. The normalized spacial score (nSPS) is 17.5. The molecule has 1 heterocycles. The quantitative estimate of drug-likeness (QED) is 0.654. The molecule has 0 spiro atoms. The van der Waals surface area contributed by atoms with Gasteiger partial charge in [0.2, 0.25) is 0 Å². The van der Waals surface area contributed by atoms with Crippen LogP contribution < -0.4 is 5.32 Å². The lowest BCUT2D eigenvalue weighted by Gasteiger charge is -2.20. The standard InChI is InChI=1S/C9H13NO5/c1-14-9(13)10-7(8(11)12)6-2-4-15-5-3-6/h2,7H,3-5H2,1H3,(H,10,13)(H,11,12). The molecule has 0 aromatic rings. The summed E-state index contributed by atoms with van der Waals surface area (Å²) in [6, 6.07) is -1.03. The number of ether oxygens (including phenoxy) is 2. The average molecular weight is 215 g/mol. The molecule has 2 N–H and O–H groups in total. The molecule has 1 unspecified atom stereocenters. The fourth-order valence-electron chi connectivity index (χ4n) is 1.29. The zero-order valence-electron chi connectivity index (χ0n) is 8.36. The van der Waals surface area contributed by atoms with Gasteiger partial charge in [-0.05, 0) is 12.0 Å². The van der Waals surface area contributed by atoms with E-state index < -0.39 is 18.1 Å². The maximum atomic E-state index is 10.9. The van der Waals surface area contributed by atoms with Crippen LogP contribution in [0.2, 0.25) is 0 Å². The second kappa shape index (κ2) is 5.35. The molecule has 0 radical (unpaired) electrons. The van der Waals surface area contributed by atoms with Crippen molar-refractivity contribution < 1.29 is 24.2 Å². The number of aliphatic carboxylic acids is 1. The van der Waals surface area contributed by atoms with E-state index in [4.69, 9.17) is 9.84 Å². The number of hydrogen-bond donors (Lipinski definition) is 2. The average Bonchev–Trinajstić information content (AvgIpc) is 2.26. The summed E-state index contributed by atoms with van der Waals surface area (Å²) in [7, 11) is 1.19. The molecule has 84 valence electrons. The van der Waals surface area contributed by atoms with Crippen molar-refractivity contribution in [3.8, 4) is 0 Å². The summed E-state index contributed by atoms with van der Waals surface area (Å²) in [6.07, 6.45) is 1.41. The Kier molecular flexibility index (Phi) is 4.11. The molecule has 0 aromatic heterocycles. The maximum Gasteiger partial charge on any atom is 0.407 e. The van der Waals surface area contributed by atoms with Crippen LogP contribution in [-0.2, 0) is 14.3 Å². The van der Waals surface area contributed by atoms with Gasteiger partial charge in [-0.2, -0.15) is 0 Å². The van der Waals surface area contributed by atoms with Crippen molar-refractivity contribution in [2.24, 2.45) is 0 Å². The van der Waals surface area contributed by atoms with Crippen LogP contribution in [0.1, 0.15) is 6.42 Å². The van der Waals surface area contributed by atoms with Crippen LogP contribution >= 0.6 is 0 Å². The summed E-state index contributed by atoms with van der Waals surface area (Å²) in [5.74, 6) is -1.10. The molecule has 0 bridgehead atoms. The molecule has 1 rings (SSSR count). The minimum Gasteiger partial charge on any atom is -0.479 e. The van der Waals surface area contributed by atoms with Crippen LogP contribution in [0.4, 0.5) is 4.79 Å². The third-order valence-corrected chi connectivity index (χ3v) is 2.06. The first kappa shape index (κ1) is 11.5. The Morgan fingerprint density at radius 1 is 1.67 bits per heavy atom. The molecule has 15 heavy (non-hydrogen) atoms. The van der Waals surface area contributed by atoms with E-state index in [0.717, 1.165) is 0 Å². The number of alkyl carbamates (subject to hydrolysis) is 1. The Bertz CT molecular complexity index is 286. The van der Waals surface area contributed by atoms with Crippen molar-refractivity contribution >= 4 is 12.1 Å². The Labute approximate surface area is 86.9 Å². The van der Waals surface area contributed by atoms with Gasteiger partial charge in [0.1, 0.15) is 0 Å². The molecular formula is C9H13NO5. The number of methoxy groups -OCH3 is 1. The van der Waals surface area contributed by atoms with Crippen molar-refractivity contribution in [2.75, 3.05) is 20.3 Å². The smallest absolute Gasteiger partial charge is 0.407 e. The molecular weight excluding hydrogens is 202 g/mol. The van der Waals surface area contributed by atoms with Crippen LogP contribution in [0.25, 0.3) is 0 Å². The maximum absolute atomic E-state index is 10.9. The second-order valence-electron chi connectivity index (χ2n) is 3.01. The van der Waals surface area contributed by atoms with E-state index in [1.807, 2.05) is 0 Å². The van der Waals surface area contributed by atoms with E-state index >= 15 is 0 Å². The summed E-state index contributed by atoms with van der Waals surface area (Å²) >= 11 is 0. The molecule has 0 aliphatic carbocycles. The van der Waals surface area contributed by atoms with E-state index in [-0.39, 0.29) is 0 Å². The Morgan fingerprint density at radius 2 is 2.40 bits per heavy atom. The first-order chi connectivity index (χ1) is 7.15. The topological polar surface area (TPSA) is 84.9 Å². The van der Waals surface area contributed by atoms with E-state index in [9.17, 15) is 9.59 Å². The van der Waals surface area contributed by atoms with Crippen molar-refractivity contribution in [1.82, 2.24) is 5.32 Å². The number of nitrogens with one attached hydrogen (secondary N) is 1. The largest absolute Gasteiger partial charge is 0.479 e. The third kappa shape index (κ3) is 3.25. The highest BCUT2D eigenvalue weighted by Gasteiger charge is 2.25. The molecule has 0 aromatic carbocycles. The summed E-state index contributed by atoms with van der Waals surface area (Å²) in [5, 5.41) is 11.2. The van der Waals surface area contributed by atoms with Crippen molar-refractivity contribution in [1.29, 1.82) is 0 Å². The van der Waals surface area contributed by atoms with Gasteiger partial charge >= 0.3 is 12.1 Å². The molecule has 0 saturated carbocycles. The minimum atomic E-state index is -1.10. The number of amides is 1. The van der Waals surface area contributed by atoms with Gasteiger partial charge in [-0.15, -0.1) is 0 Å². The highest BCUT2D eigenvalue weighted by molar-refractivity contribution is 5.83. The van der Waals surface area contributed by atoms with Gasteiger partial charge in [0.25, 0.3) is 0 Å². The van der Waals surface area contributed by atoms with E-state index in [0.29, 0.717) is 25.2 Å². The number of carbonyl (C=O) groups is 2. The number of carbonyl (C=O) groups excluding carboxylic acids is 1. The third-order valence-electron chi connectivity index (χ3n) is 2.06. The zero-order valence-corrected chi connectivity index (χ0v) is 8.36. The van der Waals surface area contributed by atoms with Crippen LogP contribution in [0, 0.1) is 0 Å². The molecule has 0 saturated heterocycles. The predicted molar refractivity (Wildman–Crippen MR) is 50.5 cm³/mol. The fraction of sp³-hybridized carbons (Fsp3) is 0.556. The van der Waals surface area contributed by atoms with Gasteiger partial charge in [-0.3, -0.25) is 0 Å². The number of rotatable bonds is 3. The molecule has 6 nitrogen and oxygen atoms in total. The Balaban J connectivity index is 2.68. The predicted octanol–water partition coefficient (Wildman–Crippen LogP) is 0.142. The van der Waals surface area contributed by atoms with Crippen molar-refractivity contribution in [3.63, 3.8) is 0 Å². The summed E-state index contributed by atoms with van der Waals surface area (Å²) in [5.41, 5.74) is 0.638. The lowest BCUT2D eigenvalue weighted by atomic mass is 10.0. The van der Waals surface area contributed by atoms with Gasteiger partial charge in [0.05, 0.1) is 20.3 Å². The van der Waals surface area contributed by atoms with Crippen LogP contribution in [-0.4, -0.2) is 43.5 Å². The fourth-order valence-corrected chi connectivity index (χ4v) is 1.29. The lowest BCUT2D eigenvalue weighted by molar-refractivity contribution is -0.138. The molecule has 0 fully saturated rings. The lowest BCUT2D eigenvalue weighted by Crippen LogP contribution is -2.43. The zero-order chi connectivity index (χ0) is 11.3. The minimum absolute atomic E-state index is 0.377. The summed E-state index contributed by atoms with van der Waals surface area (Å²) in [4.78, 5) is 21.8. The van der Waals surface area contributed by atoms with Crippen LogP contribution in [0.15, 0.2) is 11.6 Å². The second-order valence-corrected chi connectivity index (χ2v) is 3.01. The SMILES string of the molecule is COC(=O)NC(C(=O)O)C1=CCOCC1. The van der Waals surface area contributed by atoms with E-state index in [1.165, 1.54) is 7.11 Å².